The summed E-state index contributed by atoms with van der Waals surface area (Å²) in [6, 6.07) is 0. The lowest BCUT2D eigenvalue weighted by Gasteiger charge is -2.40. The van der Waals surface area contributed by atoms with Gasteiger partial charge in [-0.15, -0.1) is 6.58 Å². The third-order valence-electron chi connectivity index (χ3n) is 6.61. The first-order chi connectivity index (χ1) is 14.4. The lowest BCUT2D eigenvalue weighted by Crippen LogP contribution is -2.47. The first kappa shape index (κ1) is 31.0. The molecule has 0 aromatic rings. The Morgan fingerprint density at radius 3 is 1.91 bits per heavy atom. The average molecular weight is 453 g/mol. The second-order valence-electron chi connectivity index (χ2n) is 12.2. The molecule has 0 aliphatic rings. The number of carbonyl (C=O) groups excluding carboxylic acids is 2. The fraction of sp³-hybridized carbons (Fsp3) is 0.857. The molecule has 0 heterocycles. The summed E-state index contributed by atoms with van der Waals surface area (Å²) in [7, 11) is 0. The zero-order chi connectivity index (χ0) is 25.2. The van der Waals surface area contributed by atoms with E-state index in [1.165, 1.54) is 0 Å². The van der Waals surface area contributed by atoms with E-state index in [4.69, 9.17) is 9.47 Å². The highest BCUT2D eigenvalue weighted by molar-refractivity contribution is 5.85. The molecule has 1 atom stereocenters. The monoisotopic (exact) mass is 452 g/mol. The van der Waals surface area contributed by atoms with Crippen LogP contribution in [0.25, 0.3) is 0 Å². The molecule has 0 amide bonds. The van der Waals surface area contributed by atoms with Crippen LogP contribution in [-0.4, -0.2) is 36.0 Å². The van der Waals surface area contributed by atoms with Crippen molar-refractivity contribution in [1.82, 2.24) is 0 Å². The highest BCUT2D eigenvalue weighted by atomic mass is 16.5. The molecule has 0 fully saturated rings. The fourth-order valence-electron chi connectivity index (χ4n) is 3.35. The van der Waals surface area contributed by atoms with Crippen molar-refractivity contribution in [3.8, 4) is 0 Å². The number of hydrogen-bond donors (Lipinski definition) is 0. The first-order valence-electron chi connectivity index (χ1n) is 12.4. The summed E-state index contributed by atoms with van der Waals surface area (Å²) >= 11 is 0. The van der Waals surface area contributed by atoms with Crippen molar-refractivity contribution in [3.63, 3.8) is 0 Å². The zero-order valence-corrected chi connectivity index (χ0v) is 22.9. The molecule has 0 aromatic carbocycles. The van der Waals surface area contributed by atoms with E-state index in [2.05, 4.69) is 6.58 Å². The molecular formula is C28H52O4. The maximum absolute atomic E-state index is 13.0. The normalized spacial score (nSPS) is 14.3. The number of allylic oxidation sites excluding steroid dienone is 1. The summed E-state index contributed by atoms with van der Waals surface area (Å²) in [4.78, 5) is 25.5. The summed E-state index contributed by atoms with van der Waals surface area (Å²) in [5, 5.41) is 0. The molecular weight excluding hydrogens is 400 g/mol. The number of hydrogen-bond acceptors (Lipinski definition) is 4. The van der Waals surface area contributed by atoms with Gasteiger partial charge in [-0.1, -0.05) is 40.7 Å². The van der Waals surface area contributed by atoms with Crippen molar-refractivity contribution < 1.29 is 19.1 Å². The molecule has 0 aromatic heterocycles. The molecule has 0 saturated carbocycles. The molecule has 0 saturated heterocycles. The fourth-order valence-corrected chi connectivity index (χ4v) is 3.35. The van der Waals surface area contributed by atoms with E-state index in [0.29, 0.717) is 26.1 Å². The Labute approximate surface area is 198 Å². The van der Waals surface area contributed by atoms with Crippen molar-refractivity contribution in [2.45, 2.75) is 125 Å². The number of ketones is 2. The van der Waals surface area contributed by atoms with Crippen LogP contribution in [0.15, 0.2) is 12.7 Å². The van der Waals surface area contributed by atoms with Gasteiger partial charge in [0.15, 0.2) is 0 Å². The van der Waals surface area contributed by atoms with Gasteiger partial charge in [0.1, 0.15) is 11.6 Å². The van der Waals surface area contributed by atoms with Crippen LogP contribution in [0.2, 0.25) is 0 Å². The van der Waals surface area contributed by atoms with Gasteiger partial charge in [0.25, 0.3) is 0 Å². The third-order valence-corrected chi connectivity index (χ3v) is 6.61. The van der Waals surface area contributed by atoms with Crippen molar-refractivity contribution >= 4 is 11.6 Å². The van der Waals surface area contributed by atoms with Crippen LogP contribution >= 0.6 is 0 Å². The molecule has 32 heavy (non-hydrogen) atoms. The minimum absolute atomic E-state index is 0.139. The van der Waals surface area contributed by atoms with Crippen LogP contribution in [0.5, 0.6) is 0 Å². The number of ether oxygens (including phenoxy) is 2. The number of rotatable bonds is 16. The topological polar surface area (TPSA) is 52.6 Å². The Kier molecular flexibility index (Phi) is 12.6. The van der Waals surface area contributed by atoms with Gasteiger partial charge >= 0.3 is 0 Å². The summed E-state index contributed by atoms with van der Waals surface area (Å²) < 4.78 is 12.0. The van der Waals surface area contributed by atoms with Gasteiger partial charge < -0.3 is 9.47 Å². The summed E-state index contributed by atoms with van der Waals surface area (Å²) in [5.41, 5.74) is -1.63. The predicted octanol–water partition coefficient (Wildman–Crippen LogP) is 7.34. The van der Waals surface area contributed by atoms with Crippen molar-refractivity contribution in [1.29, 1.82) is 0 Å². The van der Waals surface area contributed by atoms with Crippen LogP contribution < -0.4 is 0 Å². The van der Waals surface area contributed by atoms with Crippen molar-refractivity contribution in [3.05, 3.63) is 12.7 Å². The number of Topliss-reactive ketones (excluding diaryl/α,β-unsaturated/α-hetero) is 2. The lowest BCUT2D eigenvalue weighted by molar-refractivity contribution is -0.149. The van der Waals surface area contributed by atoms with Gasteiger partial charge in [-0.05, 0) is 72.6 Å². The second kappa shape index (κ2) is 13.0. The van der Waals surface area contributed by atoms with Crippen LogP contribution in [0.4, 0.5) is 0 Å². The first-order valence-corrected chi connectivity index (χ1v) is 12.4. The minimum Gasteiger partial charge on any atom is -0.376 e. The molecule has 0 spiro atoms. The molecule has 0 radical (unpaired) electrons. The maximum Gasteiger partial charge on any atom is 0.141 e. The molecule has 0 N–H and O–H groups in total. The van der Waals surface area contributed by atoms with Gasteiger partial charge in [-0.25, -0.2) is 0 Å². The van der Waals surface area contributed by atoms with E-state index in [1.54, 1.807) is 0 Å². The lowest BCUT2D eigenvalue weighted by atomic mass is 9.72. The molecule has 0 bridgehead atoms. The molecule has 0 rings (SSSR count). The third kappa shape index (κ3) is 11.7. The Morgan fingerprint density at radius 1 is 0.812 bits per heavy atom. The predicted molar refractivity (Wildman–Crippen MR) is 135 cm³/mol. The highest BCUT2D eigenvalue weighted by Crippen LogP contribution is 2.37. The van der Waals surface area contributed by atoms with Crippen LogP contribution in [0, 0.1) is 16.7 Å². The molecule has 0 aliphatic heterocycles. The van der Waals surface area contributed by atoms with E-state index in [1.807, 2.05) is 75.3 Å². The van der Waals surface area contributed by atoms with Crippen LogP contribution in [0.3, 0.4) is 0 Å². The van der Waals surface area contributed by atoms with E-state index in [0.717, 1.165) is 32.1 Å². The van der Waals surface area contributed by atoms with Crippen molar-refractivity contribution in [2.24, 2.45) is 16.7 Å². The van der Waals surface area contributed by atoms with Gasteiger partial charge in [0, 0.05) is 31.5 Å². The highest BCUT2D eigenvalue weighted by Gasteiger charge is 2.43. The Bertz CT molecular complexity index is 588. The van der Waals surface area contributed by atoms with Gasteiger partial charge in [0.2, 0.25) is 0 Å². The summed E-state index contributed by atoms with van der Waals surface area (Å²) in [6.07, 6.45) is 7.37. The summed E-state index contributed by atoms with van der Waals surface area (Å²) in [6.45, 7) is 25.1. The van der Waals surface area contributed by atoms with E-state index in [9.17, 15) is 9.59 Å². The van der Waals surface area contributed by atoms with Gasteiger partial charge in [-0.3, -0.25) is 9.59 Å². The van der Waals surface area contributed by atoms with Gasteiger partial charge in [0.05, 0.1) is 16.6 Å². The molecule has 4 nitrogen and oxygen atoms in total. The molecule has 188 valence electrons. The van der Waals surface area contributed by atoms with E-state index in [-0.39, 0.29) is 28.5 Å². The smallest absolute Gasteiger partial charge is 0.141 e. The SMILES string of the molecule is C=CCCC(CCOC(C)(C)C(C)(C)C(=O)CCCCOC(C)(C)C)CC(=O)C(C)(C)C. The van der Waals surface area contributed by atoms with Crippen LogP contribution in [-0.2, 0) is 19.1 Å². The Hall–Kier alpha value is -1.00. The average Bonchev–Trinajstić information content (AvgIpc) is 2.63. The molecule has 1 unspecified atom stereocenters. The van der Waals surface area contributed by atoms with Gasteiger partial charge in [-0.2, -0.15) is 0 Å². The molecule has 4 heteroatoms. The van der Waals surface area contributed by atoms with E-state index < -0.39 is 11.0 Å². The number of unbranched alkanes of at least 4 members (excludes halogenated alkanes) is 1. The standard InChI is InChI=1S/C28H52O4/c1-12-13-16-22(21-24(30)25(2,3)4)18-20-32-28(10,11)27(8,9)23(29)17-14-15-19-31-26(5,6)7/h12,22H,1,13-21H2,2-11H3. The Morgan fingerprint density at radius 2 is 1.41 bits per heavy atom. The quantitative estimate of drug-likeness (QED) is 0.181. The summed E-state index contributed by atoms with van der Waals surface area (Å²) in [5.74, 6) is 0.790. The zero-order valence-electron chi connectivity index (χ0n) is 22.9. The minimum atomic E-state index is -0.588. The Balaban J connectivity index is 4.75. The van der Waals surface area contributed by atoms with E-state index >= 15 is 0 Å². The van der Waals surface area contributed by atoms with Crippen molar-refractivity contribution in [2.75, 3.05) is 13.2 Å². The molecule has 0 aliphatic carbocycles. The van der Waals surface area contributed by atoms with Crippen LogP contribution in [0.1, 0.15) is 114 Å². The maximum atomic E-state index is 13.0. The second-order valence-corrected chi connectivity index (χ2v) is 12.2. The number of carbonyl (C=O) groups is 2. The largest absolute Gasteiger partial charge is 0.376 e.